The van der Waals surface area contributed by atoms with Gasteiger partial charge in [-0.3, -0.25) is 0 Å². The number of nitriles is 1. The van der Waals surface area contributed by atoms with E-state index in [2.05, 4.69) is 11.4 Å². The first-order valence-electron chi connectivity index (χ1n) is 6.39. The second kappa shape index (κ2) is 4.73. The molecule has 0 radical (unpaired) electrons. The average molecular weight is 222 g/mol. The molecule has 2 rings (SSSR count). The number of nitrogens with zero attached hydrogens (tertiary/aromatic N) is 1. The third kappa shape index (κ3) is 2.96. The summed E-state index contributed by atoms with van der Waals surface area (Å²) in [6.45, 7) is 5.83. The Morgan fingerprint density at radius 2 is 2.12 bits per heavy atom. The number of hydrogen-bond donors (Lipinski definition) is 1. The van der Waals surface area contributed by atoms with E-state index < -0.39 is 0 Å². The smallest absolute Gasteiger partial charge is 0.0756 e. The minimum atomic E-state index is -0.207. The van der Waals surface area contributed by atoms with Gasteiger partial charge in [0.05, 0.1) is 17.6 Å². The molecule has 3 heteroatoms. The number of nitrogens with one attached hydrogen (secondary N) is 1. The molecular weight excluding hydrogens is 200 g/mol. The fourth-order valence-electron chi connectivity index (χ4n) is 2.35. The van der Waals surface area contributed by atoms with Crippen LogP contribution in [0.15, 0.2) is 0 Å². The molecule has 16 heavy (non-hydrogen) atoms. The van der Waals surface area contributed by atoms with Crippen molar-refractivity contribution in [1.29, 1.82) is 5.26 Å². The molecular formula is C13H22N2O. The molecule has 90 valence electrons. The van der Waals surface area contributed by atoms with Gasteiger partial charge < -0.3 is 10.1 Å². The van der Waals surface area contributed by atoms with Crippen molar-refractivity contribution >= 4 is 0 Å². The lowest BCUT2D eigenvalue weighted by Crippen LogP contribution is -2.39. The summed E-state index contributed by atoms with van der Waals surface area (Å²) in [7, 11) is 0. The Bertz CT molecular complexity index is 278. The van der Waals surface area contributed by atoms with Gasteiger partial charge >= 0.3 is 0 Å². The Balaban J connectivity index is 1.71. The molecule has 2 fully saturated rings. The molecule has 0 bridgehead atoms. The molecule has 1 saturated heterocycles. The molecule has 1 N–H and O–H groups in total. The molecule has 1 aliphatic heterocycles. The molecule has 1 aliphatic carbocycles. The third-order valence-corrected chi connectivity index (χ3v) is 3.68. The highest BCUT2D eigenvalue weighted by Crippen LogP contribution is 2.38. The number of rotatable bonds is 5. The lowest BCUT2D eigenvalue weighted by molar-refractivity contribution is 0.0808. The lowest BCUT2D eigenvalue weighted by Gasteiger charge is -2.22. The second-order valence-corrected chi connectivity index (χ2v) is 5.77. The second-order valence-electron chi connectivity index (χ2n) is 5.77. The van der Waals surface area contributed by atoms with E-state index in [9.17, 15) is 0 Å². The van der Waals surface area contributed by atoms with Crippen molar-refractivity contribution in [2.75, 3.05) is 13.2 Å². The predicted octanol–water partition coefficient (Wildman–Crippen LogP) is 2.08. The highest BCUT2D eigenvalue weighted by atomic mass is 16.5. The normalized spacial score (nSPS) is 30.3. The zero-order valence-corrected chi connectivity index (χ0v) is 10.3. The Hall–Kier alpha value is -0.590. The summed E-state index contributed by atoms with van der Waals surface area (Å²) in [4.78, 5) is 0. The van der Waals surface area contributed by atoms with Crippen molar-refractivity contribution in [2.45, 2.75) is 51.7 Å². The fraction of sp³-hybridized carbons (Fsp3) is 0.923. The molecule has 2 atom stereocenters. The largest absolute Gasteiger partial charge is 0.376 e. The highest BCUT2D eigenvalue weighted by Gasteiger charge is 2.40. The first-order chi connectivity index (χ1) is 7.62. The van der Waals surface area contributed by atoms with Crippen molar-refractivity contribution in [1.82, 2.24) is 5.32 Å². The van der Waals surface area contributed by atoms with E-state index in [0.717, 1.165) is 31.9 Å². The van der Waals surface area contributed by atoms with Crippen LogP contribution in [0.1, 0.15) is 39.5 Å². The lowest BCUT2D eigenvalue weighted by atomic mass is 9.91. The zero-order valence-electron chi connectivity index (χ0n) is 10.3. The predicted molar refractivity (Wildman–Crippen MR) is 62.9 cm³/mol. The Morgan fingerprint density at radius 1 is 1.38 bits per heavy atom. The molecule has 0 amide bonds. The molecule has 2 unspecified atom stereocenters. The van der Waals surface area contributed by atoms with E-state index in [1.807, 2.05) is 13.8 Å². The van der Waals surface area contributed by atoms with Crippen LogP contribution in [0.4, 0.5) is 0 Å². The molecule has 0 spiro atoms. The molecule has 2 aliphatic rings. The van der Waals surface area contributed by atoms with Crippen LogP contribution >= 0.6 is 0 Å². The van der Waals surface area contributed by atoms with Crippen molar-refractivity contribution in [3.63, 3.8) is 0 Å². The molecule has 0 aromatic rings. The molecule has 1 heterocycles. The standard InChI is InChI=1S/C13H22N2O/c1-13(2,9-14)6-7-15-11-5-8-16-12(11)10-3-4-10/h10-12,15H,3-8H2,1-2H3. The highest BCUT2D eigenvalue weighted by molar-refractivity contribution is 4.95. The summed E-state index contributed by atoms with van der Waals surface area (Å²) >= 11 is 0. The van der Waals surface area contributed by atoms with E-state index >= 15 is 0 Å². The summed E-state index contributed by atoms with van der Waals surface area (Å²) < 4.78 is 5.77. The first kappa shape index (κ1) is 11.9. The number of hydrogen-bond acceptors (Lipinski definition) is 3. The Labute approximate surface area is 98.2 Å². The van der Waals surface area contributed by atoms with Gasteiger partial charge in [-0.1, -0.05) is 0 Å². The summed E-state index contributed by atoms with van der Waals surface area (Å²) in [5.41, 5.74) is -0.207. The summed E-state index contributed by atoms with van der Waals surface area (Å²) in [5.74, 6) is 0.809. The van der Waals surface area contributed by atoms with E-state index in [4.69, 9.17) is 10.00 Å². The van der Waals surface area contributed by atoms with Gasteiger partial charge in [-0.2, -0.15) is 5.26 Å². The van der Waals surface area contributed by atoms with Gasteiger partial charge in [0.15, 0.2) is 0 Å². The van der Waals surface area contributed by atoms with Crippen molar-refractivity contribution in [3.05, 3.63) is 0 Å². The van der Waals surface area contributed by atoms with Crippen LogP contribution < -0.4 is 5.32 Å². The van der Waals surface area contributed by atoms with Gasteiger partial charge in [0, 0.05) is 12.6 Å². The monoisotopic (exact) mass is 222 g/mol. The zero-order chi connectivity index (χ0) is 11.6. The van der Waals surface area contributed by atoms with Crippen LogP contribution in [0.2, 0.25) is 0 Å². The van der Waals surface area contributed by atoms with Crippen molar-refractivity contribution in [3.8, 4) is 6.07 Å². The maximum atomic E-state index is 8.93. The van der Waals surface area contributed by atoms with Crippen LogP contribution in [0.5, 0.6) is 0 Å². The third-order valence-electron chi connectivity index (χ3n) is 3.68. The average Bonchev–Trinajstić information content (AvgIpc) is 2.99. The minimum absolute atomic E-state index is 0.207. The minimum Gasteiger partial charge on any atom is -0.376 e. The first-order valence-corrected chi connectivity index (χ1v) is 6.39. The van der Waals surface area contributed by atoms with Crippen LogP contribution in [0, 0.1) is 22.7 Å². The summed E-state index contributed by atoms with van der Waals surface area (Å²) in [6, 6.07) is 2.87. The molecule has 0 aromatic carbocycles. The Kier molecular flexibility index (Phi) is 3.51. The molecule has 0 aromatic heterocycles. The number of ether oxygens (including phenoxy) is 1. The summed E-state index contributed by atoms with van der Waals surface area (Å²) in [5, 5.41) is 12.5. The van der Waals surface area contributed by atoms with E-state index in [1.54, 1.807) is 0 Å². The maximum absolute atomic E-state index is 8.93. The van der Waals surface area contributed by atoms with E-state index in [-0.39, 0.29) is 5.41 Å². The fourth-order valence-corrected chi connectivity index (χ4v) is 2.35. The van der Waals surface area contributed by atoms with Gasteiger partial charge in [-0.25, -0.2) is 0 Å². The Morgan fingerprint density at radius 3 is 2.75 bits per heavy atom. The SMILES string of the molecule is CC(C)(C#N)CCNC1CCOC1C1CC1. The van der Waals surface area contributed by atoms with Crippen molar-refractivity contribution < 1.29 is 4.74 Å². The molecule has 1 saturated carbocycles. The molecule has 3 nitrogen and oxygen atoms in total. The van der Waals surface area contributed by atoms with Gasteiger partial charge in [-0.15, -0.1) is 0 Å². The van der Waals surface area contributed by atoms with Crippen LogP contribution in [0.25, 0.3) is 0 Å². The van der Waals surface area contributed by atoms with E-state index in [0.29, 0.717) is 12.1 Å². The quantitative estimate of drug-likeness (QED) is 0.774. The van der Waals surface area contributed by atoms with Crippen LogP contribution in [0.3, 0.4) is 0 Å². The van der Waals surface area contributed by atoms with Crippen LogP contribution in [-0.4, -0.2) is 25.3 Å². The summed E-state index contributed by atoms with van der Waals surface area (Å²) in [6.07, 6.45) is 5.18. The van der Waals surface area contributed by atoms with Crippen LogP contribution in [-0.2, 0) is 4.74 Å². The van der Waals surface area contributed by atoms with Gasteiger partial charge in [-0.05, 0) is 52.0 Å². The topological polar surface area (TPSA) is 45.0 Å². The van der Waals surface area contributed by atoms with Gasteiger partial charge in [0.1, 0.15) is 0 Å². The van der Waals surface area contributed by atoms with Gasteiger partial charge in [0.2, 0.25) is 0 Å². The van der Waals surface area contributed by atoms with Crippen molar-refractivity contribution in [2.24, 2.45) is 11.3 Å². The maximum Gasteiger partial charge on any atom is 0.0756 e. The van der Waals surface area contributed by atoms with Gasteiger partial charge in [0.25, 0.3) is 0 Å². The van der Waals surface area contributed by atoms with E-state index in [1.165, 1.54) is 12.8 Å².